The van der Waals surface area contributed by atoms with Crippen molar-refractivity contribution in [3.8, 4) is 6.07 Å². The molecule has 1 saturated heterocycles. The normalized spacial score (nSPS) is 25.0. The van der Waals surface area contributed by atoms with Gasteiger partial charge < -0.3 is 9.80 Å². The maximum atomic E-state index is 9.54. The monoisotopic (exact) mass is 410 g/mol. The summed E-state index contributed by atoms with van der Waals surface area (Å²) in [5, 5.41) is 16.9. The Balaban J connectivity index is 1.86. The predicted molar refractivity (Wildman–Crippen MR) is 119 cm³/mol. The van der Waals surface area contributed by atoms with Crippen molar-refractivity contribution in [1.82, 2.24) is 9.80 Å². The Hall–Kier alpha value is -2.36. The fourth-order valence-electron chi connectivity index (χ4n) is 4.03. The molecular weight excluding hydrogens is 384 g/mol. The van der Waals surface area contributed by atoms with Gasteiger partial charge in [0.2, 0.25) is 0 Å². The lowest BCUT2D eigenvalue weighted by Gasteiger charge is -2.40. The highest BCUT2D eigenvalue weighted by Gasteiger charge is 2.32. The Morgan fingerprint density at radius 2 is 1.90 bits per heavy atom. The van der Waals surface area contributed by atoms with Crippen LogP contribution >= 0.6 is 11.6 Å². The molecule has 7 heteroatoms. The van der Waals surface area contributed by atoms with Crippen molar-refractivity contribution in [2.45, 2.75) is 39.2 Å². The first-order chi connectivity index (χ1) is 13.9. The van der Waals surface area contributed by atoms with E-state index in [0.717, 1.165) is 61.1 Å². The van der Waals surface area contributed by atoms with Gasteiger partial charge >= 0.3 is 0 Å². The number of nitrogens with zero attached hydrogens (tertiary/aromatic N) is 6. The molecule has 29 heavy (non-hydrogen) atoms. The topological polar surface area (TPSA) is 58.2 Å². The van der Waals surface area contributed by atoms with Gasteiger partial charge in [-0.3, -0.25) is 4.99 Å². The van der Waals surface area contributed by atoms with E-state index in [1.54, 1.807) is 0 Å². The molecule has 3 heterocycles. The quantitative estimate of drug-likeness (QED) is 0.705. The van der Waals surface area contributed by atoms with Crippen LogP contribution in [0.15, 0.2) is 34.0 Å². The van der Waals surface area contributed by atoms with E-state index >= 15 is 0 Å². The zero-order chi connectivity index (χ0) is 20.7. The number of halogens is 1. The number of rotatable bonds is 1. The minimum absolute atomic E-state index is 0.0279. The third-order valence-electron chi connectivity index (χ3n) is 6.11. The maximum absolute atomic E-state index is 9.54. The standard InChI is InChI=1S/C22H27ClN6/c1-14-5-6-20(28-9-7-27(4)8-10-28)22-25-15(2)16(3)26-29(22)21-11-17(13-24)19(23)12-18(14)21/h6,11-12,14-15H,5,7-10H2,1-4H3. The molecule has 0 aliphatic carbocycles. The minimum Gasteiger partial charge on any atom is -0.366 e. The first-order valence-electron chi connectivity index (χ1n) is 10.2. The van der Waals surface area contributed by atoms with E-state index in [-0.39, 0.29) is 12.0 Å². The minimum atomic E-state index is 0.0279. The molecule has 152 valence electrons. The molecule has 0 saturated carbocycles. The molecule has 2 unspecified atom stereocenters. The maximum Gasteiger partial charge on any atom is 0.173 e. The lowest BCUT2D eigenvalue weighted by atomic mass is 9.92. The summed E-state index contributed by atoms with van der Waals surface area (Å²) in [5.41, 5.74) is 4.57. The van der Waals surface area contributed by atoms with Crippen LogP contribution in [0, 0.1) is 11.3 Å². The van der Waals surface area contributed by atoms with Gasteiger partial charge in [0.25, 0.3) is 0 Å². The van der Waals surface area contributed by atoms with Crippen LogP contribution in [0.5, 0.6) is 0 Å². The van der Waals surface area contributed by atoms with Gasteiger partial charge in [0.15, 0.2) is 5.84 Å². The average Bonchev–Trinajstić information content (AvgIpc) is 2.70. The van der Waals surface area contributed by atoms with E-state index in [9.17, 15) is 5.26 Å². The largest absolute Gasteiger partial charge is 0.366 e. The predicted octanol–water partition coefficient (Wildman–Crippen LogP) is 3.83. The molecule has 0 spiro atoms. The second-order valence-electron chi connectivity index (χ2n) is 8.20. The van der Waals surface area contributed by atoms with Gasteiger partial charge in [-0.05, 0) is 50.9 Å². The Labute approximate surface area is 177 Å². The van der Waals surface area contributed by atoms with Gasteiger partial charge in [-0.1, -0.05) is 24.6 Å². The number of fused-ring (bicyclic) bond motifs is 3. The second-order valence-corrected chi connectivity index (χ2v) is 8.61. The molecular formula is C22H27ClN6. The molecule has 0 bridgehead atoms. The number of hydrazone groups is 1. The number of hydrogen-bond acceptors (Lipinski definition) is 6. The SMILES string of the molecule is CC1=NN2C(=NC1C)C(N1CCN(C)CC1)=CCC(C)c1cc(Cl)c(C#N)cc12. The van der Waals surface area contributed by atoms with Crippen LogP contribution < -0.4 is 5.01 Å². The summed E-state index contributed by atoms with van der Waals surface area (Å²) in [6.07, 6.45) is 3.20. The molecule has 6 nitrogen and oxygen atoms in total. The molecule has 3 aliphatic rings. The van der Waals surface area contributed by atoms with Crippen LogP contribution in [0.25, 0.3) is 0 Å². The van der Waals surface area contributed by atoms with Crippen molar-refractivity contribution in [1.29, 1.82) is 5.26 Å². The fourth-order valence-corrected chi connectivity index (χ4v) is 4.24. The summed E-state index contributed by atoms with van der Waals surface area (Å²) < 4.78 is 0. The first-order valence-corrected chi connectivity index (χ1v) is 10.6. The number of likely N-dealkylation sites (N-methyl/N-ethyl adjacent to an activating group) is 1. The van der Waals surface area contributed by atoms with Crippen LogP contribution in [0.2, 0.25) is 5.02 Å². The van der Waals surface area contributed by atoms with Gasteiger partial charge in [-0.25, -0.2) is 5.01 Å². The van der Waals surface area contributed by atoms with Crippen LogP contribution in [-0.4, -0.2) is 60.6 Å². The van der Waals surface area contributed by atoms with E-state index in [4.69, 9.17) is 21.7 Å². The lowest BCUT2D eigenvalue weighted by molar-refractivity contribution is 0.191. The summed E-state index contributed by atoms with van der Waals surface area (Å²) in [7, 11) is 2.16. The molecule has 0 N–H and O–H groups in total. The molecule has 0 radical (unpaired) electrons. The number of piperazine rings is 1. The Kier molecular flexibility index (Phi) is 5.37. The van der Waals surface area contributed by atoms with Crippen LogP contribution in [0.1, 0.15) is 44.2 Å². The number of allylic oxidation sites excluding steroid dienone is 1. The molecule has 1 fully saturated rings. The average molecular weight is 411 g/mol. The number of nitriles is 1. The Bertz CT molecular complexity index is 949. The second kappa shape index (κ2) is 7.81. The number of amidine groups is 1. The number of hydrogen-bond donors (Lipinski definition) is 0. The third kappa shape index (κ3) is 3.65. The molecule has 2 atom stereocenters. The van der Waals surface area contributed by atoms with Crippen LogP contribution in [-0.2, 0) is 0 Å². The molecule has 4 rings (SSSR count). The van der Waals surface area contributed by atoms with Gasteiger partial charge in [0.1, 0.15) is 6.07 Å². The number of anilines is 1. The van der Waals surface area contributed by atoms with E-state index in [2.05, 4.69) is 42.8 Å². The fraction of sp³-hybridized carbons (Fsp3) is 0.500. The summed E-state index contributed by atoms with van der Waals surface area (Å²) in [6.45, 7) is 10.3. The highest BCUT2D eigenvalue weighted by Crippen LogP contribution is 2.39. The Morgan fingerprint density at radius 1 is 1.17 bits per heavy atom. The summed E-state index contributed by atoms with van der Waals surface area (Å²) in [4.78, 5) is 9.81. The van der Waals surface area contributed by atoms with E-state index < -0.39 is 0 Å². The third-order valence-corrected chi connectivity index (χ3v) is 6.43. The zero-order valence-corrected chi connectivity index (χ0v) is 18.2. The van der Waals surface area contributed by atoms with Gasteiger partial charge in [0, 0.05) is 26.2 Å². The molecule has 3 aliphatic heterocycles. The van der Waals surface area contributed by atoms with E-state index in [1.165, 1.54) is 0 Å². The van der Waals surface area contributed by atoms with Gasteiger partial charge in [-0.15, -0.1) is 0 Å². The van der Waals surface area contributed by atoms with Gasteiger partial charge in [0.05, 0.1) is 33.7 Å². The van der Waals surface area contributed by atoms with Crippen molar-refractivity contribution >= 4 is 28.8 Å². The first kappa shape index (κ1) is 19.9. The molecule has 0 amide bonds. The summed E-state index contributed by atoms with van der Waals surface area (Å²) in [5.74, 6) is 1.13. The molecule has 1 aromatic carbocycles. The highest BCUT2D eigenvalue weighted by molar-refractivity contribution is 6.32. The lowest BCUT2D eigenvalue weighted by Crippen LogP contribution is -2.48. The van der Waals surface area contributed by atoms with E-state index in [0.29, 0.717) is 10.6 Å². The number of aliphatic imine (C=N–C) groups is 1. The van der Waals surface area contributed by atoms with Crippen molar-refractivity contribution in [2.24, 2.45) is 10.1 Å². The molecule has 0 aromatic heterocycles. The van der Waals surface area contributed by atoms with Crippen molar-refractivity contribution in [3.63, 3.8) is 0 Å². The smallest absolute Gasteiger partial charge is 0.173 e. The van der Waals surface area contributed by atoms with Crippen LogP contribution in [0.4, 0.5) is 5.69 Å². The van der Waals surface area contributed by atoms with Crippen molar-refractivity contribution in [2.75, 3.05) is 38.2 Å². The Morgan fingerprint density at radius 3 is 2.59 bits per heavy atom. The van der Waals surface area contributed by atoms with Gasteiger partial charge in [-0.2, -0.15) is 10.4 Å². The van der Waals surface area contributed by atoms with E-state index in [1.807, 2.05) is 24.1 Å². The zero-order valence-electron chi connectivity index (χ0n) is 17.5. The number of benzene rings is 1. The van der Waals surface area contributed by atoms with Crippen molar-refractivity contribution in [3.05, 3.63) is 40.1 Å². The molecule has 1 aromatic rings. The summed E-state index contributed by atoms with van der Waals surface area (Å²) >= 11 is 6.38. The van der Waals surface area contributed by atoms with Crippen molar-refractivity contribution < 1.29 is 0 Å². The van der Waals surface area contributed by atoms with Crippen LogP contribution in [0.3, 0.4) is 0 Å². The summed E-state index contributed by atoms with van der Waals surface area (Å²) in [6, 6.07) is 6.03. The highest BCUT2D eigenvalue weighted by atomic mass is 35.5.